The summed E-state index contributed by atoms with van der Waals surface area (Å²) in [6.07, 6.45) is 10.4. The minimum atomic E-state index is -0.758. The van der Waals surface area contributed by atoms with Crippen LogP contribution in [0.5, 0.6) is 0 Å². The lowest BCUT2D eigenvalue weighted by Gasteiger charge is -2.29. The molecule has 1 fully saturated rings. The molecular formula is C29H46N2O4. The van der Waals surface area contributed by atoms with Crippen LogP contribution in [-0.2, 0) is 14.3 Å². The van der Waals surface area contributed by atoms with Gasteiger partial charge in [-0.15, -0.1) is 0 Å². The summed E-state index contributed by atoms with van der Waals surface area (Å²) >= 11 is 0. The van der Waals surface area contributed by atoms with E-state index in [2.05, 4.69) is 29.7 Å². The highest BCUT2D eigenvalue weighted by Crippen LogP contribution is 2.37. The van der Waals surface area contributed by atoms with E-state index >= 15 is 0 Å². The van der Waals surface area contributed by atoms with Gasteiger partial charge in [-0.05, 0) is 67.1 Å². The van der Waals surface area contributed by atoms with Crippen LogP contribution in [0.25, 0.3) is 0 Å². The molecule has 2 N–H and O–H groups in total. The Balaban J connectivity index is 1.96. The Morgan fingerprint density at radius 3 is 2.00 bits per heavy atom. The molecule has 0 spiro atoms. The molecule has 1 aromatic rings. The highest BCUT2D eigenvalue weighted by Gasteiger charge is 2.31. The number of carbonyl (C=O) groups is 3. The van der Waals surface area contributed by atoms with Crippen molar-refractivity contribution in [1.29, 1.82) is 0 Å². The summed E-state index contributed by atoms with van der Waals surface area (Å²) in [7, 11) is 1.30. The maximum atomic E-state index is 12.9. The van der Waals surface area contributed by atoms with Gasteiger partial charge in [-0.3, -0.25) is 9.59 Å². The molecule has 2 amide bonds. The fourth-order valence-corrected chi connectivity index (χ4v) is 5.00. The molecule has 2 rings (SSSR count). The van der Waals surface area contributed by atoms with Crippen molar-refractivity contribution in [3.63, 3.8) is 0 Å². The number of methoxy groups -OCH3 is 1. The zero-order chi connectivity index (χ0) is 26.0. The van der Waals surface area contributed by atoms with E-state index < -0.39 is 18.1 Å². The number of hydrogen-bond donors (Lipinski definition) is 2. The Hall–Kier alpha value is -2.37. The molecule has 0 radical (unpaired) electrons. The SMILES string of the molecule is CCCCCC1CCC(c2ccc(C(=O)N[C@H](C(=O)N[C@H](C(=O)OC)C(C)C)C(C)C)cc2)CC1. The Kier molecular flexibility index (Phi) is 11.8. The Morgan fingerprint density at radius 1 is 0.886 bits per heavy atom. The van der Waals surface area contributed by atoms with Crippen LogP contribution in [0.3, 0.4) is 0 Å². The number of esters is 1. The molecule has 2 atom stereocenters. The largest absolute Gasteiger partial charge is 0.467 e. The maximum absolute atomic E-state index is 12.9. The summed E-state index contributed by atoms with van der Waals surface area (Å²) in [6, 6.07) is 6.33. The van der Waals surface area contributed by atoms with Crippen LogP contribution in [0.1, 0.15) is 108 Å². The fourth-order valence-electron chi connectivity index (χ4n) is 5.00. The number of unbranched alkanes of at least 4 members (excludes halogenated alkanes) is 2. The first-order valence-electron chi connectivity index (χ1n) is 13.5. The van der Waals surface area contributed by atoms with E-state index in [-0.39, 0.29) is 23.7 Å². The maximum Gasteiger partial charge on any atom is 0.328 e. The van der Waals surface area contributed by atoms with E-state index in [0.717, 1.165) is 5.92 Å². The quantitative estimate of drug-likeness (QED) is 0.297. The van der Waals surface area contributed by atoms with Gasteiger partial charge < -0.3 is 15.4 Å². The lowest BCUT2D eigenvalue weighted by molar-refractivity contribution is -0.146. The van der Waals surface area contributed by atoms with Crippen LogP contribution < -0.4 is 10.6 Å². The summed E-state index contributed by atoms with van der Waals surface area (Å²) in [5.41, 5.74) is 1.83. The molecule has 0 unspecified atom stereocenters. The lowest BCUT2D eigenvalue weighted by Crippen LogP contribution is -2.55. The zero-order valence-electron chi connectivity index (χ0n) is 22.6. The molecule has 1 aromatic carbocycles. The number of carbonyl (C=O) groups excluding carboxylic acids is 3. The number of benzene rings is 1. The lowest BCUT2D eigenvalue weighted by atomic mass is 9.77. The number of rotatable bonds is 12. The van der Waals surface area contributed by atoms with E-state index in [4.69, 9.17) is 4.74 Å². The van der Waals surface area contributed by atoms with Crippen molar-refractivity contribution in [3.8, 4) is 0 Å². The van der Waals surface area contributed by atoms with Crippen LogP contribution in [0.15, 0.2) is 24.3 Å². The summed E-state index contributed by atoms with van der Waals surface area (Å²) in [6.45, 7) is 9.67. The number of amides is 2. The van der Waals surface area contributed by atoms with E-state index in [9.17, 15) is 14.4 Å². The van der Waals surface area contributed by atoms with Crippen molar-refractivity contribution in [2.75, 3.05) is 7.11 Å². The van der Waals surface area contributed by atoms with Gasteiger partial charge in [-0.1, -0.05) is 72.4 Å². The monoisotopic (exact) mass is 486 g/mol. The van der Waals surface area contributed by atoms with Crippen LogP contribution in [0, 0.1) is 17.8 Å². The fraction of sp³-hybridized carbons (Fsp3) is 0.690. The van der Waals surface area contributed by atoms with Gasteiger partial charge >= 0.3 is 5.97 Å². The molecule has 0 saturated heterocycles. The van der Waals surface area contributed by atoms with E-state index in [1.165, 1.54) is 64.0 Å². The predicted octanol–water partition coefficient (Wildman–Crippen LogP) is 5.61. The molecule has 35 heavy (non-hydrogen) atoms. The van der Waals surface area contributed by atoms with Crippen molar-refractivity contribution < 1.29 is 19.1 Å². The average molecular weight is 487 g/mol. The smallest absolute Gasteiger partial charge is 0.328 e. The average Bonchev–Trinajstić information content (AvgIpc) is 2.85. The summed E-state index contributed by atoms with van der Waals surface area (Å²) in [5.74, 6) is -0.00163. The second kappa shape index (κ2) is 14.3. The second-order valence-corrected chi connectivity index (χ2v) is 10.8. The molecule has 0 aromatic heterocycles. The third-order valence-corrected chi connectivity index (χ3v) is 7.36. The van der Waals surface area contributed by atoms with Gasteiger partial charge in [-0.2, -0.15) is 0 Å². The van der Waals surface area contributed by atoms with Crippen molar-refractivity contribution in [2.45, 2.75) is 104 Å². The van der Waals surface area contributed by atoms with Crippen molar-refractivity contribution in [3.05, 3.63) is 35.4 Å². The molecule has 0 aliphatic heterocycles. The summed E-state index contributed by atoms with van der Waals surface area (Å²) in [4.78, 5) is 37.9. The van der Waals surface area contributed by atoms with Gasteiger partial charge in [0.15, 0.2) is 0 Å². The molecule has 1 aliphatic carbocycles. The minimum Gasteiger partial charge on any atom is -0.467 e. The number of nitrogens with one attached hydrogen (secondary N) is 2. The zero-order valence-corrected chi connectivity index (χ0v) is 22.6. The van der Waals surface area contributed by atoms with Crippen LogP contribution >= 0.6 is 0 Å². The topological polar surface area (TPSA) is 84.5 Å². The Bertz CT molecular complexity index is 810. The van der Waals surface area contributed by atoms with Crippen LogP contribution in [-0.4, -0.2) is 37.0 Å². The van der Waals surface area contributed by atoms with Gasteiger partial charge in [0.25, 0.3) is 5.91 Å². The minimum absolute atomic E-state index is 0.131. The third kappa shape index (κ3) is 8.66. The van der Waals surface area contributed by atoms with E-state index in [1.807, 2.05) is 39.8 Å². The van der Waals surface area contributed by atoms with Crippen LogP contribution in [0.2, 0.25) is 0 Å². The van der Waals surface area contributed by atoms with E-state index in [1.54, 1.807) is 0 Å². The van der Waals surface area contributed by atoms with Gasteiger partial charge in [0.05, 0.1) is 7.11 Å². The molecule has 1 aliphatic rings. The molecule has 6 nitrogen and oxygen atoms in total. The van der Waals surface area contributed by atoms with Crippen molar-refractivity contribution in [1.82, 2.24) is 10.6 Å². The molecule has 0 heterocycles. The first-order valence-corrected chi connectivity index (χ1v) is 13.5. The molecule has 0 bridgehead atoms. The van der Waals surface area contributed by atoms with Gasteiger partial charge in [0.2, 0.25) is 5.91 Å². The van der Waals surface area contributed by atoms with Crippen LogP contribution in [0.4, 0.5) is 0 Å². The van der Waals surface area contributed by atoms with Gasteiger partial charge in [0, 0.05) is 5.56 Å². The summed E-state index contributed by atoms with van der Waals surface area (Å²) in [5, 5.41) is 5.61. The normalized spacial score (nSPS) is 19.8. The standard InChI is InChI=1S/C29H46N2O4/c1-7-8-9-10-21-11-13-22(14-12-21)23-15-17-24(18-16-23)27(32)30-25(19(2)3)28(33)31-26(20(4)5)29(34)35-6/h15-22,25-26H,7-14H2,1-6H3,(H,30,32)(H,31,33)/t21?,22?,25-,26-/m0/s1. The third-order valence-electron chi connectivity index (χ3n) is 7.36. The van der Waals surface area contributed by atoms with Gasteiger partial charge in [0.1, 0.15) is 12.1 Å². The molecule has 1 saturated carbocycles. The highest BCUT2D eigenvalue weighted by atomic mass is 16.5. The summed E-state index contributed by atoms with van der Waals surface area (Å²) < 4.78 is 4.81. The van der Waals surface area contributed by atoms with Crippen molar-refractivity contribution >= 4 is 17.8 Å². The molecule has 6 heteroatoms. The van der Waals surface area contributed by atoms with Gasteiger partial charge in [-0.25, -0.2) is 4.79 Å². The van der Waals surface area contributed by atoms with Crippen molar-refractivity contribution in [2.24, 2.45) is 17.8 Å². The second-order valence-electron chi connectivity index (χ2n) is 10.8. The predicted molar refractivity (Wildman–Crippen MR) is 140 cm³/mol. The Morgan fingerprint density at radius 2 is 1.49 bits per heavy atom. The number of ether oxygens (including phenoxy) is 1. The Labute approximate surface area is 212 Å². The first-order chi connectivity index (χ1) is 16.7. The number of hydrogen-bond acceptors (Lipinski definition) is 4. The molecular weight excluding hydrogens is 440 g/mol. The first kappa shape index (κ1) is 28.9. The highest BCUT2D eigenvalue weighted by molar-refractivity contribution is 5.98. The molecule has 196 valence electrons. The van der Waals surface area contributed by atoms with E-state index in [0.29, 0.717) is 11.5 Å².